The minimum atomic E-state index is -0.00655. The van der Waals surface area contributed by atoms with Crippen molar-refractivity contribution in [3.63, 3.8) is 0 Å². The van der Waals surface area contributed by atoms with Gasteiger partial charge in [0.2, 0.25) is 0 Å². The molecule has 210 valence electrons. The number of hydrogen-bond donors (Lipinski definition) is 0. The molecule has 0 N–H and O–H groups in total. The molecule has 2 aromatic carbocycles. The zero-order chi connectivity index (χ0) is 27.3. The zero-order valence-electron chi connectivity index (χ0n) is 24.2. The van der Waals surface area contributed by atoms with Crippen LogP contribution in [0.1, 0.15) is 61.7 Å². The van der Waals surface area contributed by atoms with Crippen molar-refractivity contribution in [1.29, 1.82) is 0 Å². The van der Waals surface area contributed by atoms with Crippen molar-refractivity contribution in [3.8, 4) is 5.75 Å². The van der Waals surface area contributed by atoms with Gasteiger partial charge in [-0.3, -0.25) is 9.58 Å². The Bertz CT molecular complexity index is 1200. The number of hydrogen-bond acceptors (Lipinski definition) is 5. The molecule has 3 heterocycles. The van der Waals surface area contributed by atoms with Crippen LogP contribution in [-0.4, -0.2) is 48.2 Å². The summed E-state index contributed by atoms with van der Waals surface area (Å²) in [5, 5.41) is 5.23. The fraction of sp³-hybridized carbons (Fsp3) is 0.545. The SMILES string of the molecule is CCn1nc(CC(C)(C)COCc2ccccc2)c2c1CN(Cc1ccc(OC)cc1)CC1(CCOCC1)C2. The predicted molar refractivity (Wildman–Crippen MR) is 155 cm³/mol. The first-order valence-electron chi connectivity index (χ1n) is 14.5. The molecular weight excluding hydrogens is 486 g/mol. The first kappa shape index (κ1) is 27.9. The second-order valence-corrected chi connectivity index (χ2v) is 12.3. The Labute approximate surface area is 234 Å². The summed E-state index contributed by atoms with van der Waals surface area (Å²) in [5.41, 5.74) is 6.89. The smallest absolute Gasteiger partial charge is 0.118 e. The van der Waals surface area contributed by atoms with E-state index in [1.807, 2.05) is 6.07 Å². The Hall–Kier alpha value is -2.67. The Morgan fingerprint density at radius 2 is 1.74 bits per heavy atom. The molecular formula is C33H45N3O3. The monoisotopic (exact) mass is 531 g/mol. The van der Waals surface area contributed by atoms with E-state index in [1.54, 1.807) is 7.11 Å². The molecule has 5 rings (SSSR count). The largest absolute Gasteiger partial charge is 0.497 e. The fourth-order valence-corrected chi connectivity index (χ4v) is 6.31. The maximum atomic E-state index is 6.20. The third-order valence-corrected chi connectivity index (χ3v) is 8.40. The van der Waals surface area contributed by atoms with E-state index >= 15 is 0 Å². The maximum absolute atomic E-state index is 6.20. The van der Waals surface area contributed by atoms with Crippen LogP contribution in [0.5, 0.6) is 5.75 Å². The van der Waals surface area contributed by atoms with Crippen LogP contribution >= 0.6 is 0 Å². The summed E-state index contributed by atoms with van der Waals surface area (Å²) in [6.45, 7) is 13.7. The maximum Gasteiger partial charge on any atom is 0.118 e. The molecule has 0 radical (unpaired) electrons. The van der Waals surface area contributed by atoms with Crippen LogP contribution in [0.2, 0.25) is 0 Å². The first-order chi connectivity index (χ1) is 18.9. The lowest BCUT2D eigenvalue weighted by molar-refractivity contribution is -0.00475. The van der Waals surface area contributed by atoms with Crippen LogP contribution in [0.25, 0.3) is 0 Å². The van der Waals surface area contributed by atoms with Gasteiger partial charge < -0.3 is 14.2 Å². The molecule has 1 aromatic heterocycles. The van der Waals surface area contributed by atoms with E-state index in [9.17, 15) is 0 Å². The number of fused-ring (bicyclic) bond motifs is 1. The van der Waals surface area contributed by atoms with Gasteiger partial charge in [-0.25, -0.2) is 0 Å². The van der Waals surface area contributed by atoms with Gasteiger partial charge in [0.05, 0.1) is 31.7 Å². The van der Waals surface area contributed by atoms with Crippen LogP contribution < -0.4 is 4.74 Å². The summed E-state index contributed by atoms with van der Waals surface area (Å²) in [7, 11) is 1.72. The first-order valence-corrected chi connectivity index (χ1v) is 14.5. The molecule has 0 atom stereocenters. The molecule has 39 heavy (non-hydrogen) atoms. The molecule has 3 aromatic rings. The normalized spacial score (nSPS) is 17.6. The van der Waals surface area contributed by atoms with Crippen molar-refractivity contribution in [2.75, 3.05) is 33.5 Å². The Morgan fingerprint density at radius 1 is 1.00 bits per heavy atom. The number of aromatic nitrogens is 2. The van der Waals surface area contributed by atoms with Crippen molar-refractivity contribution < 1.29 is 14.2 Å². The molecule has 1 fully saturated rings. The molecule has 0 saturated carbocycles. The van der Waals surface area contributed by atoms with Crippen molar-refractivity contribution in [2.45, 2.75) is 72.7 Å². The van der Waals surface area contributed by atoms with Gasteiger partial charge in [0.25, 0.3) is 0 Å². The number of methoxy groups -OCH3 is 1. The van der Waals surface area contributed by atoms with E-state index in [2.05, 4.69) is 78.9 Å². The van der Waals surface area contributed by atoms with Crippen molar-refractivity contribution in [2.24, 2.45) is 10.8 Å². The summed E-state index contributed by atoms with van der Waals surface area (Å²) in [4.78, 5) is 2.64. The van der Waals surface area contributed by atoms with E-state index < -0.39 is 0 Å². The van der Waals surface area contributed by atoms with E-state index in [-0.39, 0.29) is 10.8 Å². The molecule has 0 unspecified atom stereocenters. The fourth-order valence-electron chi connectivity index (χ4n) is 6.31. The van der Waals surface area contributed by atoms with Crippen molar-refractivity contribution >= 4 is 0 Å². The lowest BCUT2D eigenvalue weighted by Crippen LogP contribution is -2.41. The van der Waals surface area contributed by atoms with Crippen LogP contribution in [0.4, 0.5) is 0 Å². The Balaban J connectivity index is 1.38. The average Bonchev–Trinajstić information content (AvgIpc) is 3.15. The second-order valence-electron chi connectivity index (χ2n) is 12.3. The van der Waals surface area contributed by atoms with E-state index in [0.717, 1.165) is 70.8 Å². The zero-order valence-corrected chi connectivity index (χ0v) is 24.2. The van der Waals surface area contributed by atoms with Crippen LogP contribution in [0.3, 0.4) is 0 Å². The molecule has 0 aliphatic carbocycles. The molecule has 1 spiro atoms. The minimum Gasteiger partial charge on any atom is -0.497 e. The summed E-state index contributed by atoms with van der Waals surface area (Å²) in [6.07, 6.45) is 4.21. The molecule has 6 nitrogen and oxygen atoms in total. The number of rotatable bonds is 10. The van der Waals surface area contributed by atoms with Gasteiger partial charge in [0, 0.05) is 39.4 Å². The molecule has 0 amide bonds. The van der Waals surface area contributed by atoms with E-state index in [1.165, 1.54) is 28.1 Å². The molecule has 1 saturated heterocycles. The highest BCUT2D eigenvalue weighted by Crippen LogP contribution is 2.41. The third kappa shape index (κ3) is 6.92. The lowest BCUT2D eigenvalue weighted by atomic mass is 9.74. The summed E-state index contributed by atoms with van der Waals surface area (Å²) >= 11 is 0. The Kier molecular flexibility index (Phi) is 8.75. The summed E-state index contributed by atoms with van der Waals surface area (Å²) in [6, 6.07) is 19.0. The predicted octanol–water partition coefficient (Wildman–Crippen LogP) is 6.05. The third-order valence-electron chi connectivity index (χ3n) is 8.40. The average molecular weight is 532 g/mol. The van der Waals surface area contributed by atoms with Gasteiger partial charge in [0.15, 0.2) is 0 Å². The topological polar surface area (TPSA) is 48.8 Å². The summed E-state index contributed by atoms with van der Waals surface area (Å²) in [5.74, 6) is 0.905. The second kappa shape index (κ2) is 12.2. The van der Waals surface area contributed by atoms with E-state index in [4.69, 9.17) is 19.3 Å². The highest BCUT2D eigenvalue weighted by Gasteiger charge is 2.40. The molecule has 2 aliphatic rings. The number of nitrogens with zero attached hydrogens (tertiary/aromatic N) is 3. The van der Waals surface area contributed by atoms with Crippen LogP contribution in [0, 0.1) is 10.8 Å². The van der Waals surface area contributed by atoms with Gasteiger partial charge in [-0.1, -0.05) is 56.3 Å². The highest BCUT2D eigenvalue weighted by molar-refractivity contribution is 5.32. The van der Waals surface area contributed by atoms with Gasteiger partial charge in [0.1, 0.15) is 5.75 Å². The molecule has 0 bridgehead atoms. The quantitative estimate of drug-likeness (QED) is 0.319. The van der Waals surface area contributed by atoms with Gasteiger partial charge >= 0.3 is 0 Å². The van der Waals surface area contributed by atoms with Gasteiger partial charge in [-0.05, 0) is 72.3 Å². The number of benzene rings is 2. The van der Waals surface area contributed by atoms with Crippen molar-refractivity contribution in [3.05, 3.63) is 82.7 Å². The van der Waals surface area contributed by atoms with E-state index in [0.29, 0.717) is 13.2 Å². The minimum absolute atomic E-state index is 0.00655. The Morgan fingerprint density at radius 3 is 2.44 bits per heavy atom. The highest BCUT2D eigenvalue weighted by atomic mass is 16.5. The van der Waals surface area contributed by atoms with Crippen molar-refractivity contribution in [1.82, 2.24) is 14.7 Å². The lowest BCUT2D eigenvalue weighted by Gasteiger charge is -2.39. The van der Waals surface area contributed by atoms with Gasteiger partial charge in [-0.2, -0.15) is 5.10 Å². The standard InChI is InChI=1S/C33H45N3O3/c1-5-36-31-22-35(21-26-11-13-28(37-4)14-12-26)24-33(15-17-38-18-16-33)19-29(31)30(34-36)20-32(2,3)25-39-23-27-9-7-6-8-10-27/h6-14H,5,15-25H2,1-4H3. The number of ether oxygens (including phenoxy) is 3. The van der Waals surface area contributed by atoms with Crippen LogP contribution in [-0.2, 0) is 48.6 Å². The molecule has 6 heteroatoms. The van der Waals surface area contributed by atoms with Crippen LogP contribution in [0.15, 0.2) is 54.6 Å². The van der Waals surface area contributed by atoms with Gasteiger partial charge in [-0.15, -0.1) is 0 Å². The number of aryl methyl sites for hydroxylation is 1. The molecule has 2 aliphatic heterocycles. The summed E-state index contributed by atoms with van der Waals surface area (Å²) < 4.78 is 19.7.